The van der Waals surface area contributed by atoms with Gasteiger partial charge in [0.25, 0.3) is 0 Å². The highest BCUT2D eigenvalue weighted by atomic mass is 35.5. The molecule has 1 aromatic heterocycles. The summed E-state index contributed by atoms with van der Waals surface area (Å²) in [5, 5.41) is 10.9. The van der Waals surface area contributed by atoms with Crippen molar-refractivity contribution in [2.45, 2.75) is 26.2 Å². The summed E-state index contributed by atoms with van der Waals surface area (Å²) < 4.78 is 6.88. The van der Waals surface area contributed by atoms with E-state index in [2.05, 4.69) is 10.6 Å². The molecule has 0 aliphatic carbocycles. The van der Waals surface area contributed by atoms with Gasteiger partial charge in [-0.2, -0.15) is 5.10 Å². The van der Waals surface area contributed by atoms with Gasteiger partial charge in [0.05, 0.1) is 28.5 Å². The van der Waals surface area contributed by atoms with Crippen molar-refractivity contribution in [1.29, 1.82) is 0 Å². The number of likely N-dealkylation sites (N-methyl/N-ethyl adjacent to an activating group) is 1. The minimum atomic E-state index is -0.465. The first-order valence-electron chi connectivity index (χ1n) is 10.5. The van der Waals surface area contributed by atoms with Gasteiger partial charge in [-0.25, -0.2) is 9.48 Å². The number of ether oxygens (including phenoxy) is 1. The first kappa shape index (κ1) is 25.4. The molecular formula is C24H27Cl2N5O3. The van der Waals surface area contributed by atoms with Gasteiger partial charge in [-0.05, 0) is 42.5 Å². The van der Waals surface area contributed by atoms with Gasteiger partial charge in [0, 0.05) is 24.2 Å². The van der Waals surface area contributed by atoms with Gasteiger partial charge in [0.15, 0.2) is 0 Å². The Bertz CT molecular complexity index is 1190. The number of methoxy groups -OCH3 is 1. The summed E-state index contributed by atoms with van der Waals surface area (Å²) in [5.41, 5.74) is 1.81. The SMILES string of the molecule is COc1ccc(-n2nc(C(C)(C)C)cc2NC(=O)CN(C)C(=O)Nc2ccc(Cl)c(Cl)c2)cc1. The van der Waals surface area contributed by atoms with Crippen LogP contribution in [0.25, 0.3) is 5.69 Å². The third kappa shape index (κ3) is 6.21. The van der Waals surface area contributed by atoms with Crippen molar-refractivity contribution in [2.24, 2.45) is 0 Å². The molecule has 1 heterocycles. The predicted molar refractivity (Wildman–Crippen MR) is 136 cm³/mol. The Morgan fingerprint density at radius 3 is 2.29 bits per heavy atom. The Labute approximate surface area is 208 Å². The fourth-order valence-corrected chi connectivity index (χ4v) is 3.32. The van der Waals surface area contributed by atoms with Gasteiger partial charge < -0.3 is 20.3 Å². The van der Waals surface area contributed by atoms with E-state index < -0.39 is 6.03 Å². The topological polar surface area (TPSA) is 88.5 Å². The first-order chi connectivity index (χ1) is 16.0. The molecule has 0 atom stereocenters. The van der Waals surface area contributed by atoms with E-state index in [1.165, 1.54) is 18.0 Å². The lowest BCUT2D eigenvalue weighted by Gasteiger charge is -2.18. The minimum Gasteiger partial charge on any atom is -0.497 e. The Morgan fingerprint density at radius 2 is 1.71 bits per heavy atom. The number of nitrogens with one attached hydrogen (secondary N) is 2. The van der Waals surface area contributed by atoms with Crippen molar-refractivity contribution in [3.63, 3.8) is 0 Å². The Morgan fingerprint density at radius 1 is 1.03 bits per heavy atom. The second-order valence-electron chi connectivity index (χ2n) is 8.74. The molecule has 34 heavy (non-hydrogen) atoms. The molecule has 0 aliphatic rings. The van der Waals surface area contributed by atoms with Crippen LogP contribution in [0.15, 0.2) is 48.5 Å². The van der Waals surface area contributed by atoms with Crippen LogP contribution in [0.3, 0.4) is 0 Å². The smallest absolute Gasteiger partial charge is 0.322 e. The lowest BCUT2D eigenvalue weighted by Crippen LogP contribution is -2.37. The third-order valence-corrected chi connectivity index (χ3v) is 5.70. The summed E-state index contributed by atoms with van der Waals surface area (Å²) >= 11 is 11.9. The molecule has 2 N–H and O–H groups in total. The maximum atomic E-state index is 12.8. The molecule has 3 rings (SSSR count). The molecule has 3 aromatic rings. The van der Waals surface area contributed by atoms with Crippen LogP contribution in [0.4, 0.5) is 16.3 Å². The molecule has 0 aliphatic heterocycles. The molecule has 2 aromatic carbocycles. The number of aromatic nitrogens is 2. The van der Waals surface area contributed by atoms with Crippen molar-refractivity contribution >= 4 is 46.6 Å². The van der Waals surface area contributed by atoms with Gasteiger partial charge >= 0.3 is 6.03 Å². The average molecular weight is 504 g/mol. The van der Waals surface area contributed by atoms with Gasteiger partial charge in [-0.15, -0.1) is 0 Å². The fourth-order valence-electron chi connectivity index (χ4n) is 3.02. The molecule has 0 radical (unpaired) electrons. The standard InChI is InChI=1S/C24H27Cl2N5O3/c1-24(2,3)20-13-21(31(29-20)16-7-9-17(34-5)10-8-16)28-22(32)14-30(4)23(33)27-15-6-11-18(25)19(26)12-15/h6-13H,14H2,1-5H3,(H,27,33)(H,28,32). The second kappa shape index (κ2) is 10.4. The number of carbonyl (C=O) groups excluding carboxylic acids is 2. The third-order valence-electron chi connectivity index (χ3n) is 4.96. The quantitative estimate of drug-likeness (QED) is 0.458. The van der Waals surface area contributed by atoms with Gasteiger partial charge in [-0.3, -0.25) is 4.79 Å². The normalized spacial score (nSPS) is 11.1. The van der Waals surface area contributed by atoms with Crippen LogP contribution in [0, 0.1) is 0 Å². The van der Waals surface area contributed by atoms with Gasteiger partial charge in [0.1, 0.15) is 18.1 Å². The largest absolute Gasteiger partial charge is 0.497 e. The molecule has 0 fully saturated rings. The number of hydrogen-bond donors (Lipinski definition) is 2. The number of urea groups is 1. The predicted octanol–water partition coefficient (Wildman–Crippen LogP) is 5.59. The molecule has 0 saturated heterocycles. The monoisotopic (exact) mass is 503 g/mol. The van der Waals surface area contributed by atoms with E-state index in [4.69, 9.17) is 33.0 Å². The van der Waals surface area contributed by atoms with E-state index in [9.17, 15) is 9.59 Å². The van der Waals surface area contributed by atoms with Crippen molar-refractivity contribution < 1.29 is 14.3 Å². The number of benzene rings is 2. The lowest BCUT2D eigenvalue weighted by molar-refractivity contribution is -0.116. The molecule has 0 spiro atoms. The van der Waals surface area contributed by atoms with Gasteiger partial charge in [0.2, 0.25) is 5.91 Å². The zero-order valence-electron chi connectivity index (χ0n) is 19.6. The highest BCUT2D eigenvalue weighted by molar-refractivity contribution is 6.42. The van der Waals surface area contributed by atoms with Crippen LogP contribution in [0.1, 0.15) is 26.5 Å². The molecule has 0 bridgehead atoms. The fraction of sp³-hybridized carbons (Fsp3) is 0.292. The molecule has 0 saturated carbocycles. The zero-order valence-corrected chi connectivity index (χ0v) is 21.2. The Hall–Kier alpha value is -3.23. The number of amides is 3. The van der Waals surface area contributed by atoms with Crippen molar-refractivity contribution in [1.82, 2.24) is 14.7 Å². The minimum absolute atomic E-state index is 0.175. The number of anilines is 2. The number of hydrogen-bond acceptors (Lipinski definition) is 4. The maximum Gasteiger partial charge on any atom is 0.322 e. The van der Waals surface area contributed by atoms with E-state index >= 15 is 0 Å². The summed E-state index contributed by atoms with van der Waals surface area (Å²) in [5.74, 6) is 0.840. The lowest BCUT2D eigenvalue weighted by atomic mass is 9.92. The molecule has 10 heteroatoms. The van der Waals surface area contributed by atoms with Gasteiger partial charge in [-0.1, -0.05) is 44.0 Å². The summed E-state index contributed by atoms with van der Waals surface area (Å²) in [4.78, 5) is 26.6. The number of nitrogens with zero attached hydrogens (tertiary/aromatic N) is 3. The zero-order chi connectivity index (χ0) is 25.0. The summed E-state index contributed by atoms with van der Waals surface area (Å²) in [7, 11) is 3.12. The van der Waals surface area contributed by atoms with Crippen LogP contribution < -0.4 is 15.4 Å². The van der Waals surface area contributed by atoms with Crippen LogP contribution in [-0.4, -0.2) is 47.3 Å². The van der Waals surface area contributed by atoms with E-state index in [-0.39, 0.29) is 17.9 Å². The first-order valence-corrected chi connectivity index (χ1v) is 11.3. The molecule has 0 unspecified atom stereocenters. The summed E-state index contributed by atoms with van der Waals surface area (Å²) in [6, 6.07) is 13.5. The van der Waals surface area contributed by atoms with E-state index in [0.717, 1.165) is 11.4 Å². The van der Waals surface area contributed by atoms with E-state index in [1.54, 1.807) is 23.9 Å². The molecule has 8 nitrogen and oxygen atoms in total. The second-order valence-corrected chi connectivity index (χ2v) is 9.55. The number of carbonyl (C=O) groups is 2. The van der Waals surface area contributed by atoms with Crippen molar-refractivity contribution in [3.8, 4) is 11.4 Å². The summed E-state index contributed by atoms with van der Waals surface area (Å²) in [6.07, 6.45) is 0. The maximum absolute atomic E-state index is 12.8. The molecule has 180 valence electrons. The molecule has 3 amide bonds. The van der Waals surface area contributed by atoms with E-state index in [0.29, 0.717) is 27.3 Å². The van der Waals surface area contributed by atoms with Crippen LogP contribution in [-0.2, 0) is 10.2 Å². The van der Waals surface area contributed by atoms with Crippen molar-refractivity contribution in [2.75, 3.05) is 31.3 Å². The van der Waals surface area contributed by atoms with Crippen LogP contribution >= 0.6 is 23.2 Å². The van der Waals surface area contributed by atoms with Crippen LogP contribution in [0.5, 0.6) is 5.75 Å². The van der Waals surface area contributed by atoms with Crippen LogP contribution in [0.2, 0.25) is 10.0 Å². The average Bonchev–Trinajstić information content (AvgIpc) is 3.20. The summed E-state index contributed by atoms with van der Waals surface area (Å²) in [6.45, 7) is 5.95. The number of halogens is 2. The highest BCUT2D eigenvalue weighted by Crippen LogP contribution is 2.27. The van der Waals surface area contributed by atoms with Crippen molar-refractivity contribution in [3.05, 3.63) is 64.3 Å². The Kier molecular flexibility index (Phi) is 7.74. The Balaban J connectivity index is 1.74. The number of rotatable bonds is 6. The highest BCUT2D eigenvalue weighted by Gasteiger charge is 2.22. The van der Waals surface area contributed by atoms with E-state index in [1.807, 2.05) is 51.1 Å². The molecular weight excluding hydrogens is 477 g/mol.